The lowest BCUT2D eigenvalue weighted by Gasteiger charge is -2.19. The van der Waals surface area contributed by atoms with Crippen LogP contribution in [0.5, 0.6) is 0 Å². The van der Waals surface area contributed by atoms with Crippen molar-refractivity contribution in [2.24, 2.45) is 0 Å². The van der Waals surface area contributed by atoms with E-state index >= 15 is 0 Å². The summed E-state index contributed by atoms with van der Waals surface area (Å²) in [6.45, 7) is 4.94. The Balaban J connectivity index is 1.82. The molecular formula is C10H18N2O2. The van der Waals surface area contributed by atoms with Crippen molar-refractivity contribution in [3.05, 3.63) is 0 Å². The summed E-state index contributed by atoms with van der Waals surface area (Å²) in [6, 6.07) is 0.701. The normalized spacial score (nSPS) is 42.9. The Hall–Kier alpha value is -0.610. The Kier molecular flexibility index (Phi) is 2.74. The highest BCUT2D eigenvalue weighted by molar-refractivity contribution is 5.78. The summed E-state index contributed by atoms with van der Waals surface area (Å²) in [5.74, 6) is 0.155. The Labute approximate surface area is 84.4 Å². The smallest absolute Gasteiger partial charge is 0.221 e. The van der Waals surface area contributed by atoms with Crippen molar-refractivity contribution >= 4 is 5.91 Å². The van der Waals surface area contributed by atoms with Crippen molar-refractivity contribution in [2.45, 2.75) is 51.0 Å². The van der Waals surface area contributed by atoms with Crippen LogP contribution in [-0.2, 0) is 9.53 Å². The topological polar surface area (TPSA) is 50.4 Å². The molecule has 0 aliphatic carbocycles. The third kappa shape index (κ3) is 2.07. The van der Waals surface area contributed by atoms with E-state index in [0.29, 0.717) is 24.6 Å². The predicted octanol–water partition coefficient (Wildman–Crippen LogP) is 0.0304. The molecule has 0 spiro atoms. The highest BCUT2D eigenvalue weighted by atomic mass is 16.5. The van der Waals surface area contributed by atoms with Gasteiger partial charge in [-0.15, -0.1) is 0 Å². The number of hydrogen-bond donors (Lipinski definition) is 2. The van der Waals surface area contributed by atoms with E-state index < -0.39 is 0 Å². The molecule has 0 aromatic rings. The summed E-state index contributed by atoms with van der Waals surface area (Å²) in [5.41, 5.74) is 0. The van der Waals surface area contributed by atoms with Crippen molar-refractivity contribution < 1.29 is 9.53 Å². The van der Waals surface area contributed by atoms with Crippen LogP contribution in [0.15, 0.2) is 0 Å². The van der Waals surface area contributed by atoms with Gasteiger partial charge in [-0.3, -0.25) is 4.79 Å². The fourth-order valence-electron chi connectivity index (χ4n) is 2.30. The number of rotatable bonds is 2. The fraction of sp³-hybridized carbons (Fsp3) is 0.900. The molecule has 0 aromatic heterocycles. The first-order chi connectivity index (χ1) is 6.65. The molecule has 2 aliphatic rings. The van der Waals surface area contributed by atoms with Crippen molar-refractivity contribution in [3.63, 3.8) is 0 Å². The molecule has 0 radical (unpaired) electrons. The maximum Gasteiger partial charge on any atom is 0.221 e. The van der Waals surface area contributed by atoms with Crippen LogP contribution in [0.25, 0.3) is 0 Å². The molecular weight excluding hydrogens is 180 g/mol. The molecule has 2 saturated heterocycles. The van der Waals surface area contributed by atoms with E-state index in [9.17, 15) is 4.79 Å². The first-order valence-corrected chi connectivity index (χ1v) is 5.33. The molecule has 0 saturated carbocycles. The quantitative estimate of drug-likeness (QED) is 0.658. The third-order valence-electron chi connectivity index (χ3n) is 3.03. The number of nitrogens with one attached hydrogen (secondary N) is 2. The van der Waals surface area contributed by atoms with E-state index in [1.165, 1.54) is 0 Å². The molecule has 1 amide bonds. The molecule has 14 heavy (non-hydrogen) atoms. The summed E-state index contributed by atoms with van der Waals surface area (Å²) in [4.78, 5) is 11.0. The molecule has 2 heterocycles. The monoisotopic (exact) mass is 198 g/mol. The van der Waals surface area contributed by atoms with Crippen LogP contribution in [0.2, 0.25) is 0 Å². The Morgan fingerprint density at radius 2 is 2.29 bits per heavy atom. The minimum atomic E-state index is 0.155. The number of amides is 1. The van der Waals surface area contributed by atoms with Crippen LogP contribution in [0.1, 0.15) is 26.7 Å². The molecule has 2 fully saturated rings. The van der Waals surface area contributed by atoms with Crippen LogP contribution in [0, 0.1) is 0 Å². The van der Waals surface area contributed by atoms with Crippen LogP contribution in [0.3, 0.4) is 0 Å². The predicted molar refractivity (Wildman–Crippen MR) is 53.0 cm³/mol. The van der Waals surface area contributed by atoms with Gasteiger partial charge in [0.1, 0.15) is 0 Å². The Morgan fingerprint density at radius 3 is 2.79 bits per heavy atom. The van der Waals surface area contributed by atoms with E-state index in [2.05, 4.69) is 24.5 Å². The second-order valence-electron chi connectivity index (χ2n) is 4.37. The van der Waals surface area contributed by atoms with Gasteiger partial charge in [-0.2, -0.15) is 0 Å². The maximum atomic E-state index is 11.0. The van der Waals surface area contributed by atoms with Gasteiger partial charge >= 0.3 is 0 Å². The van der Waals surface area contributed by atoms with Gasteiger partial charge < -0.3 is 15.4 Å². The Morgan fingerprint density at radius 1 is 1.50 bits per heavy atom. The van der Waals surface area contributed by atoms with Crippen molar-refractivity contribution in [1.29, 1.82) is 0 Å². The first kappa shape index (κ1) is 9.93. The zero-order chi connectivity index (χ0) is 10.1. The van der Waals surface area contributed by atoms with Gasteiger partial charge in [0.2, 0.25) is 5.91 Å². The average molecular weight is 198 g/mol. The molecule has 4 heteroatoms. The lowest BCUT2D eigenvalue weighted by molar-refractivity contribution is -0.119. The number of ether oxygens (including phenoxy) is 1. The van der Waals surface area contributed by atoms with Crippen LogP contribution in [0.4, 0.5) is 0 Å². The van der Waals surface area contributed by atoms with Gasteiger partial charge in [0.15, 0.2) is 0 Å². The molecule has 0 bridgehead atoms. The van der Waals surface area contributed by atoms with Crippen LogP contribution < -0.4 is 10.6 Å². The van der Waals surface area contributed by atoms with E-state index in [1.807, 2.05) is 0 Å². The fourth-order valence-corrected chi connectivity index (χ4v) is 2.30. The summed E-state index contributed by atoms with van der Waals surface area (Å²) in [7, 11) is 0. The van der Waals surface area contributed by atoms with Gasteiger partial charge in [-0.1, -0.05) is 0 Å². The molecule has 2 aliphatic heterocycles. The second-order valence-corrected chi connectivity index (χ2v) is 4.37. The lowest BCUT2D eigenvalue weighted by atomic mass is 10.1. The van der Waals surface area contributed by atoms with Gasteiger partial charge in [0.25, 0.3) is 0 Å². The molecule has 4 nitrogen and oxygen atoms in total. The summed E-state index contributed by atoms with van der Waals surface area (Å²) in [6.07, 6.45) is 2.26. The SMILES string of the molecule is CC1CC(NC2CNC(=O)C2)C(C)O1. The molecule has 80 valence electrons. The van der Waals surface area contributed by atoms with E-state index in [0.717, 1.165) is 13.0 Å². The zero-order valence-electron chi connectivity index (χ0n) is 8.75. The van der Waals surface area contributed by atoms with Gasteiger partial charge in [0, 0.05) is 25.0 Å². The summed E-state index contributed by atoms with van der Waals surface area (Å²) in [5, 5.41) is 6.31. The Bertz CT molecular complexity index is 232. The lowest BCUT2D eigenvalue weighted by Crippen LogP contribution is -2.43. The largest absolute Gasteiger partial charge is 0.374 e. The van der Waals surface area contributed by atoms with E-state index in [-0.39, 0.29) is 12.0 Å². The minimum Gasteiger partial charge on any atom is -0.374 e. The van der Waals surface area contributed by atoms with Crippen LogP contribution in [-0.4, -0.2) is 36.7 Å². The number of carbonyl (C=O) groups is 1. The highest BCUT2D eigenvalue weighted by Gasteiger charge is 2.32. The minimum absolute atomic E-state index is 0.155. The van der Waals surface area contributed by atoms with Gasteiger partial charge in [0.05, 0.1) is 12.2 Å². The van der Waals surface area contributed by atoms with Gasteiger partial charge in [-0.05, 0) is 20.3 Å². The standard InChI is InChI=1S/C10H18N2O2/c1-6-3-9(7(2)14-6)12-8-4-10(13)11-5-8/h6-9,12H,3-5H2,1-2H3,(H,11,13). The molecule has 2 N–H and O–H groups in total. The highest BCUT2D eigenvalue weighted by Crippen LogP contribution is 2.20. The number of carbonyl (C=O) groups excluding carboxylic acids is 1. The molecule has 2 rings (SSSR count). The first-order valence-electron chi connectivity index (χ1n) is 5.33. The summed E-state index contributed by atoms with van der Waals surface area (Å²) < 4.78 is 5.64. The third-order valence-corrected chi connectivity index (χ3v) is 3.03. The zero-order valence-corrected chi connectivity index (χ0v) is 8.75. The second kappa shape index (κ2) is 3.87. The van der Waals surface area contributed by atoms with E-state index in [1.54, 1.807) is 0 Å². The average Bonchev–Trinajstić information content (AvgIpc) is 2.61. The van der Waals surface area contributed by atoms with E-state index in [4.69, 9.17) is 4.74 Å². The number of hydrogen-bond acceptors (Lipinski definition) is 3. The molecule has 4 unspecified atom stereocenters. The molecule has 4 atom stereocenters. The summed E-state index contributed by atoms with van der Waals surface area (Å²) >= 11 is 0. The van der Waals surface area contributed by atoms with Crippen molar-refractivity contribution in [2.75, 3.05) is 6.54 Å². The maximum absolute atomic E-state index is 11.0. The molecule has 0 aromatic carbocycles. The van der Waals surface area contributed by atoms with Crippen LogP contribution >= 0.6 is 0 Å². The van der Waals surface area contributed by atoms with Crippen molar-refractivity contribution in [3.8, 4) is 0 Å². The van der Waals surface area contributed by atoms with Crippen molar-refractivity contribution in [1.82, 2.24) is 10.6 Å². The van der Waals surface area contributed by atoms with Gasteiger partial charge in [-0.25, -0.2) is 0 Å².